The van der Waals surface area contributed by atoms with Crippen LogP contribution in [0.3, 0.4) is 0 Å². The second-order valence-electron chi connectivity index (χ2n) is 14.9. The SMILES string of the molecule is COC(=O)CN(C)c1cc(COc2cc3c(cc2C)C(=O)N2c4ccccc4C[C@H]2C=N3)cc(COc2cc3c(cc2OC)C(=O)N2c4ccccc4C[C@H]2C=N3)c1. The van der Waals surface area contributed by atoms with Gasteiger partial charge in [-0.25, -0.2) is 0 Å². The minimum Gasteiger partial charge on any atom is -0.493 e. The zero-order valence-electron chi connectivity index (χ0n) is 32.6. The van der Waals surface area contributed by atoms with Crippen molar-refractivity contribution >= 4 is 58.6 Å². The highest BCUT2D eigenvalue weighted by Crippen LogP contribution is 2.42. The number of carbonyl (C=O) groups is 3. The summed E-state index contributed by atoms with van der Waals surface area (Å²) < 4.78 is 23.5. The van der Waals surface area contributed by atoms with E-state index in [-0.39, 0.29) is 49.6 Å². The largest absolute Gasteiger partial charge is 0.493 e. The molecule has 0 aliphatic carbocycles. The third-order valence-corrected chi connectivity index (χ3v) is 11.1. The highest BCUT2D eigenvalue weighted by atomic mass is 16.5. The Morgan fingerprint density at radius 1 is 0.707 bits per heavy atom. The summed E-state index contributed by atoms with van der Waals surface area (Å²) in [5, 5.41) is 0. The van der Waals surface area contributed by atoms with Crippen molar-refractivity contribution in [1.29, 1.82) is 0 Å². The Labute approximate surface area is 335 Å². The van der Waals surface area contributed by atoms with Crippen LogP contribution in [0.15, 0.2) is 101 Å². The van der Waals surface area contributed by atoms with Gasteiger partial charge in [0.1, 0.15) is 25.5 Å². The number of methoxy groups -OCH3 is 2. The number of hydrogen-bond donors (Lipinski definition) is 0. The molecule has 0 saturated heterocycles. The fourth-order valence-electron chi connectivity index (χ4n) is 8.19. The lowest BCUT2D eigenvalue weighted by molar-refractivity contribution is -0.138. The number of ether oxygens (including phenoxy) is 4. The molecular weight excluding hydrogens is 735 g/mol. The van der Waals surface area contributed by atoms with Crippen LogP contribution < -0.4 is 28.9 Å². The molecule has 0 spiro atoms. The minimum atomic E-state index is -0.379. The number of fused-ring (bicyclic) bond motifs is 8. The number of carbonyl (C=O) groups excluding carboxylic acids is 3. The third-order valence-electron chi connectivity index (χ3n) is 11.1. The molecule has 292 valence electrons. The normalized spacial score (nSPS) is 17.0. The van der Waals surface area contributed by atoms with Gasteiger partial charge in [0.15, 0.2) is 11.5 Å². The topological polar surface area (TPSA) is 123 Å². The molecule has 0 N–H and O–H groups in total. The lowest BCUT2D eigenvalue weighted by atomic mass is 10.1. The van der Waals surface area contributed by atoms with E-state index >= 15 is 0 Å². The Bertz CT molecular complexity index is 2570. The summed E-state index contributed by atoms with van der Waals surface area (Å²) in [6, 6.07) is 28.5. The fraction of sp³-hybridized carbons (Fsp3) is 0.239. The van der Waals surface area contributed by atoms with Gasteiger partial charge in [0.05, 0.1) is 48.8 Å². The van der Waals surface area contributed by atoms with E-state index in [4.69, 9.17) is 28.9 Å². The molecule has 5 aromatic rings. The molecule has 2 amide bonds. The maximum atomic E-state index is 13.9. The van der Waals surface area contributed by atoms with Crippen LogP contribution in [0, 0.1) is 6.92 Å². The van der Waals surface area contributed by atoms with E-state index in [1.807, 2.05) is 104 Å². The Balaban J connectivity index is 0.967. The first-order valence-corrected chi connectivity index (χ1v) is 19.1. The van der Waals surface area contributed by atoms with Gasteiger partial charge in [-0.05, 0) is 77.2 Å². The van der Waals surface area contributed by atoms with Crippen molar-refractivity contribution in [3.8, 4) is 17.2 Å². The molecule has 2 atom stereocenters. The van der Waals surface area contributed by atoms with Crippen molar-refractivity contribution in [2.75, 3.05) is 42.5 Å². The van der Waals surface area contributed by atoms with Gasteiger partial charge in [0.2, 0.25) is 0 Å². The number of nitrogens with zero attached hydrogens (tertiary/aromatic N) is 5. The van der Waals surface area contributed by atoms with Gasteiger partial charge < -0.3 is 23.8 Å². The van der Waals surface area contributed by atoms with Gasteiger partial charge in [0, 0.05) is 61.5 Å². The van der Waals surface area contributed by atoms with Crippen LogP contribution in [0.4, 0.5) is 28.4 Å². The number of aryl methyl sites for hydroxylation is 1. The van der Waals surface area contributed by atoms with E-state index in [0.717, 1.165) is 51.3 Å². The zero-order valence-corrected chi connectivity index (χ0v) is 32.6. The highest BCUT2D eigenvalue weighted by Gasteiger charge is 2.38. The van der Waals surface area contributed by atoms with Gasteiger partial charge in [-0.3, -0.25) is 34.2 Å². The second kappa shape index (κ2) is 14.8. The predicted octanol–water partition coefficient (Wildman–Crippen LogP) is 7.35. The minimum absolute atomic E-state index is 0.0344. The standard InChI is InChI=1S/C46H41N5O7/c1-27-13-35-37(47-22-33-17-30-9-5-7-11-39(30)50(33)45(35)53)20-41(27)57-25-28-14-29(16-32(15-28)49(2)24-44(52)56-4)26-58-43-21-38-36(19-42(43)55-3)46(54)51-34(23-48-38)18-31-10-6-8-12-40(31)51/h5-16,19-23,33-34H,17-18,24-26H2,1-4H3/t33-,34-/m0/s1. The van der Waals surface area contributed by atoms with Gasteiger partial charge >= 0.3 is 5.97 Å². The Morgan fingerprint density at radius 3 is 1.81 bits per heavy atom. The van der Waals surface area contributed by atoms with Gasteiger partial charge in [-0.15, -0.1) is 0 Å². The molecule has 0 bridgehead atoms. The Morgan fingerprint density at radius 2 is 1.24 bits per heavy atom. The van der Waals surface area contributed by atoms with E-state index in [0.29, 0.717) is 46.2 Å². The first-order valence-electron chi connectivity index (χ1n) is 19.1. The summed E-state index contributed by atoms with van der Waals surface area (Å²) >= 11 is 0. The van der Waals surface area contributed by atoms with E-state index in [1.54, 1.807) is 29.0 Å². The number of benzene rings is 5. The molecule has 0 fully saturated rings. The molecule has 4 aliphatic heterocycles. The molecule has 58 heavy (non-hydrogen) atoms. The molecular formula is C46H41N5O7. The molecule has 0 saturated carbocycles. The van der Waals surface area contributed by atoms with Crippen molar-refractivity contribution in [3.63, 3.8) is 0 Å². The number of likely N-dealkylation sites (N-methyl/N-ethyl adjacent to an activating group) is 1. The first-order chi connectivity index (χ1) is 28.2. The molecule has 12 nitrogen and oxygen atoms in total. The van der Waals surface area contributed by atoms with E-state index in [1.165, 1.54) is 7.11 Å². The lowest BCUT2D eigenvalue weighted by Gasteiger charge is -2.22. The Kier molecular flexibility index (Phi) is 9.39. The number of esters is 1. The number of para-hydroxylation sites is 2. The summed E-state index contributed by atoms with van der Waals surface area (Å²) in [4.78, 5) is 55.0. The molecule has 12 heteroatoms. The lowest BCUT2D eigenvalue weighted by Crippen LogP contribution is -2.37. The first kappa shape index (κ1) is 36.7. The number of aliphatic imine (C=N–C) groups is 2. The van der Waals surface area contributed by atoms with E-state index in [9.17, 15) is 14.4 Å². The summed E-state index contributed by atoms with van der Waals surface area (Å²) in [5.74, 6) is 0.826. The Hall–Kier alpha value is -6.95. The summed E-state index contributed by atoms with van der Waals surface area (Å²) in [5.41, 5.74) is 9.25. The summed E-state index contributed by atoms with van der Waals surface area (Å²) in [6.45, 7) is 2.27. The maximum absolute atomic E-state index is 13.9. The quantitative estimate of drug-likeness (QED) is 0.135. The van der Waals surface area contributed by atoms with Crippen LogP contribution in [0.25, 0.3) is 0 Å². The van der Waals surface area contributed by atoms with Crippen LogP contribution in [0.5, 0.6) is 17.2 Å². The predicted molar refractivity (Wildman–Crippen MR) is 222 cm³/mol. The second-order valence-corrected chi connectivity index (χ2v) is 14.9. The van der Waals surface area contributed by atoms with E-state index in [2.05, 4.69) is 6.07 Å². The van der Waals surface area contributed by atoms with E-state index < -0.39 is 0 Å². The van der Waals surface area contributed by atoms with Crippen LogP contribution in [-0.2, 0) is 35.6 Å². The molecule has 0 aromatic heterocycles. The van der Waals surface area contributed by atoms with Crippen molar-refractivity contribution < 1.29 is 33.3 Å². The zero-order chi connectivity index (χ0) is 40.1. The van der Waals surface area contributed by atoms with Crippen LogP contribution in [-0.4, -0.2) is 70.1 Å². The molecule has 0 radical (unpaired) electrons. The monoisotopic (exact) mass is 775 g/mol. The fourth-order valence-corrected chi connectivity index (χ4v) is 8.19. The number of amides is 2. The maximum Gasteiger partial charge on any atom is 0.325 e. The van der Waals surface area contributed by atoms with Gasteiger partial charge in [-0.1, -0.05) is 36.4 Å². The van der Waals surface area contributed by atoms with Gasteiger partial charge in [0.25, 0.3) is 11.8 Å². The van der Waals surface area contributed by atoms with Gasteiger partial charge in [-0.2, -0.15) is 0 Å². The highest BCUT2D eigenvalue weighted by molar-refractivity contribution is 6.15. The smallest absolute Gasteiger partial charge is 0.325 e. The molecule has 4 aliphatic rings. The average Bonchev–Trinajstić information content (AvgIpc) is 3.73. The molecule has 0 unspecified atom stereocenters. The molecule has 5 aromatic carbocycles. The van der Waals surface area contributed by atoms with Crippen molar-refractivity contribution in [2.45, 2.75) is 45.1 Å². The summed E-state index contributed by atoms with van der Waals surface area (Å²) in [6.07, 6.45) is 5.09. The summed E-state index contributed by atoms with van der Waals surface area (Å²) in [7, 11) is 4.71. The average molecular weight is 776 g/mol. The van der Waals surface area contributed by atoms with Crippen molar-refractivity contribution in [1.82, 2.24) is 0 Å². The van der Waals surface area contributed by atoms with Crippen molar-refractivity contribution in [2.24, 2.45) is 9.98 Å². The van der Waals surface area contributed by atoms with Crippen LogP contribution in [0.1, 0.15) is 48.5 Å². The molecule has 4 heterocycles. The van der Waals surface area contributed by atoms with Crippen LogP contribution >= 0.6 is 0 Å². The third kappa shape index (κ3) is 6.59. The number of hydrogen-bond acceptors (Lipinski definition) is 10. The number of anilines is 3. The molecule has 9 rings (SSSR count). The van der Waals surface area contributed by atoms with Crippen LogP contribution in [0.2, 0.25) is 0 Å². The van der Waals surface area contributed by atoms with Crippen molar-refractivity contribution in [3.05, 3.63) is 130 Å². The number of rotatable bonds is 10.